The minimum Gasteiger partial charge on any atom is -0.481 e. The van der Waals surface area contributed by atoms with Crippen LogP contribution in [-0.2, 0) is 4.79 Å². The molecule has 0 fully saturated rings. The number of anilines is 4. The van der Waals surface area contributed by atoms with Gasteiger partial charge in [-0.2, -0.15) is 0 Å². The molecule has 0 aliphatic rings. The van der Waals surface area contributed by atoms with Crippen LogP contribution in [0.25, 0.3) is 21.8 Å². The summed E-state index contributed by atoms with van der Waals surface area (Å²) in [4.78, 5) is 18.2. The van der Waals surface area contributed by atoms with Gasteiger partial charge >= 0.3 is 0 Å². The first kappa shape index (κ1) is 27.5. The number of nitrogens with zero attached hydrogens (tertiary/aromatic N) is 2. The first-order valence-electron chi connectivity index (χ1n) is 12.4. The summed E-state index contributed by atoms with van der Waals surface area (Å²) in [6.07, 6.45) is 2.09. The molecule has 4 aromatic rings. The summed E-state index contributed by atoms with van der Waals surface area (Å²) >= 11 is 0. The average molecular weight is 504 g/mol. The number of fused-ring (bicyclic) bond motifs is 2. The van der Waals surface area contributed by atoms with Crippen LogP contribution in [0, 0.1) is 13.8 Å². The molecule has 2 aromatic heterocycles. The van der Waals surface area contributed by atoms with Crippen LogP contribution in [-0.4, -0.2) is 47.2 Å². The SMILES string of the molecule is CC(=O)O.Cc1cc(NCCCNCCCNc2cc(C)nc3cc(N)ccc23)c2ccc(N)cc2n1. The van der Waals surface area contributed by atoms with Crippen molar-refractivity contribution in [2.24, 2.45) is 0 Å². The fourth-order valence-electron chi connectivity index (χ4n) is 4.05. The molecule has 0 unspecified atom stereocenters. The van der Waals surface area contributed by atoms with Crippen molar-refractivity contribution in [1.82, 2.24) is 15.3 Å². The summed E-state index contributed by atoms with van der Waals surface area (Å²) in [5.41, 5.74) is 19.4. The van der Waals surface area contributed by atoms with Crippen LogP contribution in [0.1, 0.15) is 31.2 Å². The zero-order valence-corrected chi connectivity index (χ0v) is 21.8. The molecule has 0 atom stereocenters. The van der Waals surface area contributed by atoms with E-state index in [-0.39, 0.29) is 0 Å². The second-order valence-corrected chi connectivity index (χ2v) is 9.01. The standard InChI is InChI=1S/C26H33N7.C2H4O2/c1-17-13-23(21-7-5-19(27)15-25(21)32-17)30-11-3-9-29-10-4-12-31-24-14-18(2)33-26-16-20(28)6-8-22(24)26;1-2(3)4/h5-8,13-16,29H,3-4,9-12,27-28H2,1-2H3,(H,30,32)(H,31,33);1H3,(H,3,4). The Morgan fingerprint density at radius 2 is 1.16 bits per heavy atom. The summed E-state index contributed by atoms with van der Waals surface area (Å²) in [7, 11) is 0. The summed E-state index contributed by atoms with van der Waals surface area (Å²) in [6, 6.07) is 16.0. The number of carboxylic acids is 1. The van der Waals surface area contributed by atoms with Crippen molar-refractivity contribution in [3.8, 4) is 0 Å². The molecule has 0 bridgehead atoms. The van der Waals surface area contributed by atoms with Gasteiger partial charge in [0.2, 0.25) is 0 Å². The van der Waals surface area contributed by atoms with Crippen LogP contribution in [0.2, 0.25) is 0 Å². The van der Waals surface area contributed by atoms with Crippen molar-refractivity contribution in [3.63, 3.8) is 0 Å². The highest BCUT2D eigenvalue weighted by Crippen LogP contribution is 2.26. The number of aromatic nitrogens is 2. The van der Waals surface area contributed by atoms with Crippen LogP contribution in [0.5, 0.6) is 0 Å². The molecule has 9 heteroatoms. The number of benzene rings is 2. The van der Waals surface area contributed by atoms with Gasteiger partial charge in [0, 0.05) is 64.9 Å². The van der Waals surface area contributed by atoms with Crippen LogP contribution in [0.3, 0.4) is 0 Å². The zero-order chi connectivity index (χ0) is 26.8. The third-order valence-corrected chi connectivity index (χ3v) is 5.62. The number of carboxylic acid groups (broad SMARTS) is 1. The number of carbonyl (C=O) groups is 1. The van der Waals surface area contributed by atoms with Crippen LogP contribution in [0.15, 0.2) is 48.5 Å². The fraction of sp³-hybridized carbons (Fsp3) is 0.321. The van der Waals surface area contributed by atoms with Crippen LogP contribution >= 0.6 is 0 Å². The Balaban J connectivity index is 0.000000886. The highest BCUT2D eigenvalue weighted by Gasteiger charge is 2.05. The maximum Gasteiger partial charge on any atom is 0.300 e. The van der Waals surface area contributed by atoms with E-state index in [0.717, 1.165) is 102 Å². The van der Waals surface area contributed by atoms with E-state index in [0.29, 0.717) is 0 Å². The Kier molecular flexibility index (Phi) is 9.85. The number of aliphatic carboxylic acids is 1. The molecule has 0 saturated carbocycles. The number of hydrogen-bond donors (Lipinski definition) is 6. The predicted octanol–water partition coefficient (Wildman–Crippen LogP) is 4.55. The largest absolute Gasteiger partial charge is 0.481 e. The van der Waals surface area contributed by atoms with Crippen molar-refractivity contribution in [2.75, 3.05) is 48.3 Å². The van der Waals surface area contributed by atoms with Gasteiger partial charge in [-0.25, -0.2) is 0 Å². The molecule has 9 nitrogen and oxygen atoms in total. The fourth-order valence-corrected chi connectivity index (χ4v) is 4.05. The molecule has 37 heavy (non-hydrogen) atoms. The molecule has 2 heterocycles. The quantitative estimate of drug-likeness (QED) is 0.135. The summed E-state index contributed by atoms with van der Waals surface area (Å²) < 4.78 is 0. The van der Waals surface area contributed by atoms with Gasteiger partial charge in [-0.3, -0.25) is 14.8 Å². The van der Waals surface area contributed by atoms with Gasteiger partial charge in [-0.05, 0) is 88.3 Å². The highest BCUT2D eigenvalue weighted by molar-refractivity contribution is 5.94. The van der Waals surface area contributed by atoms with Gasteiger partial charge in [0.15, 0.2) is 0 Å². The molecule has 0 aliphatic carbocycles. The van der Waals surface area contributed by atoms with Crippen LogP contribution < -0.4 is 27.4 Å². The molecular formula is C28H37N7O2. The maximum absolute atomic E-state index is 9.00. The van der Waals surface area contributed by atoms with Gasteiger partial charge in [0.25, 0.3) is 5.97 Å². The summed E-state index contributed by atoms with van der Waals surface area (Å²) in [6.45, 7) is 8.85. The summed E-state index contributed by atoms with van der Waals surface area (Å²) in [5.74, 6) is -0.833. The molecule has 4 rings (SSSR count). The number of nitrogens with one attached hydrogen (secondary N) is 3. The predicted molar refractivity (Wildman–Crippen MR) is 154 cm³/mol. The Morgan fingerprint density at radius 3 is 1.57 bits per heavy atom. The van der Waals surface area contributed by atoms with Crippen molar-refractivity contribution >= 4 is 50.5 Å². The van der Waals surface area contributed by atoms with Crippen molar-refractivity contribution in [1.29, 1.82) is 0 Å². The Hall–Kier alpha value is -4.11. The monoisotopic (exact) mass is 503 g/mol. The molecular weight excluding hydrogens is 466 g/mol. The van der Waals surface area contributed by atoms with Gasteiger partial charge in [-0.1, -0.05) is 0 Å². The highest BCUT2D eigenvalue weighted by atomic mass is 16.4. The van der Waals surface area contributed by atoms with E-state index < -0.39 is 5.97 Å². The molecule has 0 saturated heterocycles. The first-order valence-corrected chi connectivity index (χ1v) is 12.4. The normalized spacial score (nSPS) is 10.7. The maximum atomic E-state index is 9.00. The third-order valence-electron chi connectivity index (χ3n) is 5.62. The lowest BCUT2D eigenvalue weighted by molar-refractivity contribution is -0.134. The van der Waals surface area contributed by atoms with E-state index in [2.05, 4.69) is 38.1 Å². The van der Waals surface area contributed by atoms with E-state index in [1.165, 1.54) is 0 Å². The number of aryl methyl sites for hydroxylation is 2. The second kappa shape index (κ2) is 13.3. The lowest BCUT2D eigenvalue weighted by Crippen LogP contribution is -2.21. The van der Waals surface area contributed by atoms with Crippen molar-refractivity contribution < 1.29 is 9.90 Å². The molecule has 2 aromatic carbocycles. The van der Waals surface area contributed by atoms with E-state index in [4.69, 9.17) is 21.4 Å². The molecule has 8 N–H and O–H groups in total. The molecule has 0 amide bonds. The van der Waals surface area contributed by atoms with Crippen LogP contribution in [0.4, 0.5) is 22.7 Å². The van der Waals surface area contributed by atoms with E-state index >= 15 is 0 Å². The molecule has 0 spiro atoms. The minimum atomic E-state index is -0.833. The number of nitrogen functional groups attached to an aromatic ring is 2. The Labute approximate surface area is 217 Å². The Bertz CT molecular complexity index is 1250. The third kappa shape index (κ3) is 8.50. The number of rotatable bonds is 10. The first-order chi connectivity index (χ1) is 17.7. The molecule has 196 valence electrons. The lowest BCUT2D eigenvalue weighted by Gasteiger charge is -2.12. The van der Waals surface area contributed by atoms with Crippen molar-refractivity contribution in [3.05, 3.63) is 59.9 Å². The van der Waals surface area contributed by atoms with Gasteiger partial charge in [-0.15, -0.1) is 0 Å². The van der Waals surface area contributed by atoms with Gasteiger partial charge < -0.3 is 32.5 Å². The van der Waals surface area contributed by atoms with Gasteiger partial charge in [0.1, 0.15) is 0 Å². The Morgan fingerprint density at radius 1 is 0.757 bits per heavy atom. The number of pyridine rings is 2. The lowest BCUT2D eigenvalue weighted by atomic mass is 10.1. The smallest absolute Gasteiger partial charge is 0.300 e. The van der Waals surface area contributed by atoms with E-state index in [1.807, 2.05) is 50.2 Å². The molecule has 0 aliphatic heterocycles. The molecule has 0 radical (unpaired) electrons. The van der Waals surface area contributed by atoms with Gasteiger partial charge in [0.05, 0.1) is 11.0 Å². The van der Waals surface area contributed by atoms with E-state index in [1.54, 1.807) is 0 Å². The average Bonchev–Trinajstić information content (AvgIpc) is 2.81. The zero-order valence-electron chi connectivity index (χ0n) is 21.8. The van der Waals surface area contributed by atoms with E-state index in [9.17, 15) is 0 Å². The number of hydrogen-bond acceptors (Lipinski definition) is 8. The van der Waals surface area contributed by atoms with Crippen molar-refractivity contribution in [2.45, 2.75) is 33.6 Å². The number of nitrogens with two attached hydrogens (primary N) is 2. The topological polar surface area (TPSA) is 151 Å². The second-order valence-electron chi connectivity index (χ2n) is 9.01. The summed E-state index contributed by atoms with van der Waals surface area (Å²) in [5, 5.41) is 20.3. The minimum absolute atomic E-state index is 0.738.